The van der Waals surface area contributed by atoms with Gasteiger partial charge in [-0.2, -0.15) is 0 Å². The van der Waals surface area contributed by atoms with Crippen LogP contribution in [0.1, 0.15) is 59.3 Å². The Bertz CT molecular complexity index is 616. The van der Waals surface area contributed by atoms with Gasteiger partial charge in [-0.3, -0.25) is 0 Å². The summed E-state index contributed by atoms with van der Waals surface area (Å²) in [6.07, 6.45) is 8.26. The van der Waals surface area contributed by atoms with Gasteiger partial charge >= 0.3 is 5.97 Å². The lowest BCUT2D eigenvalue weighted by molar-refractivity contribution is -0.144. The number of carbonyl (C=O) groups excluding carboxylic acids is 1. The largest absolute Gasteiger partial charge is 0.455 e. The summed E-state index contributed by atoms with van der Waals surface area (Å²) in [7, 11) is 0. The molecule has 0 aromatic carbocycles. The van der Waals surface area contributed by atoms with Crippen molar-refractivity contribution in [3.8, 4) is 0 Å². The molecule has 5 atom stereocenters. The van der Waals surface area contributed by atoms with Gasteiger partial charge in [0.25, 0.3) is 0 Å². The van der Waals surface area contributed by atoms with Gasteiger partial charge in [0.05, 0.1) is 5.57 Å². The molecule has 126 valence electrons. The van der Waals surface area contributed by atoms with E-state index in [9.17, 15) is 9.90 Å². The number of ether oxygens (including phenoxy) is 1. The van der Waals surface area contributed by atoms with Crippen LogP contribution in [0, 0.1) is 22.7 Å². The molecule has 1 heterocycles. The summed E-state index contributed by atoms with van der Waals surface area (Å²) in [6.45, 7) is 11.1. The van der Waals surface area contributed by atoms with Gasteiger partial charge in [0.1, 0.15) is 6.10 Å². The molecule has 2 saturated carbocycles. The summed E-state index contributed by atoms with van der Waals surface area (Å²) >= 11 is 0. The number of aliphatic hydroxyl groups is 1. The Labute approximate surface area is 138 Å². The molecular weight excluding hydrogens is 288 g/mol. The Morgan fingerprint density at radius 2 is 2.04 bits per heavy atom. The molecule has 0 radical (unpaired) electrons. The van der Waals surface area contributed by atoms with Crippen molar-refractivity contribution >= 4 is 5.97 Å². The Morgan fingerprint density at radius 1 is 1.30 bits per heavy atom. The third kappa shape index (κ3) is 1.89. The summed E-state index contributed by atoms with van der Waals surface area (Å²) in [4.78, 5) is 11.9. The third-order valence-corrected chi connectivity index (χ3v) is 7.57. The van der Waals surface area contributed by atoms with Crippen LogP contribution in [0.15, 0.2) is 23.8 Å². The summed E-state index contributed by atoms with van der Waals surface area (Å²) < 4.78 is 5.47. The standard InChI is InChI=1S/C20H28O3/c1-12-17(21)23-16-10-14-13(11-20(12,16)22)6-7-15-18(2,3)8-5-9-19(14,15)4/h11,14-16,22H,1,5-10H2,2-4H3/t14-,15-,16+,19+,20+/m1/s1. The zero-order valence-electron chi connectivity index (χ0n) is 14.5. The monoisotopic (exact) mass is 316 g/mol. The SMILES string of the molecule is C=C1C(=O)O[C@H]2C[C@@H]3C(=C[C@]12O)CC[C@@H]1C(C)(C)CCC[C@@]31C. The van der Waals surface area contributed by atoms with Crippen molar-refractivity contribution in [1.82, 2.24) is 0 Å². The van der Waals surface area contributed by atoms with Crippen LogP contribution in [0.3, 0.4) is 0 Å². The van der Waals surface area contributed by atoms with Crippen LogP contribution in [-0.2, 0) is 9.53 Å². The zero-order valence-corrected chi connectivity index (χ0v) is 14.5. The van der Waals surface area contributed by atoms with Crippen molar-refractivity contribution in [2.24, 2.45) is 22.7 Å². The van der Waals surface area contributed by atoms with Crippen molar-refractivity contribution < 1.29 is 14.6 Å². The quantitative estimate of drug-likeness (QED) is 0.420. The van der Waals surface area contributed by atoms with Crippen LogP contribution >= 0.6 is 0 Å². The number of esters is 1. The van der Waals surface area contributed by atoms with Gasteiger partial charge in [-0.1, -0.05) is 39.3 Å². The molecule has 4 aliphatic rings. The molecule has 0 spiro atoms. The van der Waals surface area contributed by atoms with Crippen molar-refractivity contribution in [3.63, 3.8) is 0 Å². The molecule has 0 bridgehead atoms. The summed E-state index contributed by atoms with van der Waals surface area (Å²) in [5.41, 5.74) is 0.909. The second kappa shape index (κ2) is 4.50. The first-order valence-corrected chi connectivity index (χ1v) is 9.03. The highest BCUT2D eigenvalue weighted by Crippen LogP contribution is 2.64. The Morgan fingerprint density at radius 3 is 2.78 bits per heavy atom. The predicted octanol–water partition coefficient (Wildman–Crippen LogP) is 3.77. The molecule has 0 aromatic rings. The Hall–Kier alpha value is -1.09. The third-order valence-electron chi connectivity index (χ3n) is 7.57. The fourth-order valence-corrected chi connectivity index (χ4v) is 6.36. The van der Waals surface area contributed by atoms with Crippen LogP contribution < -0.4 is 0 Å². The van der Waals surface area contributed by atoms with E-state index >= 15 is 0 Å². The number of hydrogen-bond acceptors (Lipinski definition) is 3. The van der Waals surface area contributed by atoms with E-state index in [4.69, 9.17) is 4.74 Å². The van der Waals surface area contributed by atoms with E-state index in [1.165, 1.54) is 31.3 Å². The highest BCUT2D eigenvalue weighted by molar-refractivity contribution is 5.94. The lowest BCUT2D eigenvalue weighted by Crippen LogP contribution is -2.54. The average molecular weight is 316 g/mol. The van der Waals surface area contributed by atoms with Crippen molar-refractivity contribution in [2.75, 3.05) is 0 Å². The molecule has 3 nitrogen and oxygen atoms in total. The first-order chi connectivity index (χ1) is 10.7. The first-order valence-electron chi connectivity index (χ1n) is 9.03. The van der Waals surface area contributed by atoms with Gasteiger partial charge in [0.2, 0.25) is 0 Å². The molecule has 0 amide bonds. The number of hydrogen-bond donors (Lipinski definition) is 1. The van der Waals surface area contributed by atoms with E-state index in [0.717, 1.165) is 12.8 Å². The average Bonchev–Trinajstić information content (AvgIpc) is 2.67. The second-order valence-electron chi connectivity index (χ2n) is 9.14. The lowest BCUT2D eigenvalue weighted by Gasteiger charge is -2.59. The first kappa shape index (κ1) is 15.4. The molecule has 3 aliphatic carbocycles. The highest BCUT2D eigenvalue weighted by Gasteiger charge is 2.60. The minimum absolute atomic E-state index is 0.213. The molecule has 1 saturated heterocycles. The minimum Gasteiger partial charge on any atom is -0.455 e. The van der Waals surface area contributed by atoms with Gasteiger partial charge in [-0.25, -0.2) is 4.79 Å². The van der Waals surface area contributed by atoms with E-state index in [2.05, 4.69) is 27.4 Å². The predicted molar refractivity (Wildman–Crippen MR) is 88.6 cm³/mol. The van der Waals surface area contributed by atoms with Crippen molar-refractivity contribution in [2.45, 2.75) is 71.0 Å². The minimum atomic E-state index is -1.27. The number of carbonyl (C=O) groups is 1. The molecule has 3 heteroatoms. The fraction of sp³-hybridized carbons (Fsp3) is 0.750. The zero-order chi connectivity index (χ0) is 16.6. The maximum atomic E-state index is 11.9. The van der Waals surface area contributed by atoms with Crippen molar-refractivity contribution in [3.05, 3.63) is 23.8 Å². The Kier molecular flexibility index (Phi) is 3.02. The maximum absolute atomic E-state index is 11.9. The van der Waals surface area contributed by atoms with Gasteiger partial charge in [0, 0.05) is 0 Å². The van der Waals surface area contributed by atoms with Crippen LogP contribution in [0.5, 0.6) is 0 Å². The lowest BCUT2D eigenvalue weighted by atomic mass is 9.45. The number of fused-ring (bicyclic) bond motifs is 4. The molecule has 4 rings (SSSR count). The van der Waals surface area contributed by atoms with Crippen LogP contribution in [0.25, 0.3) is 0 Å². The fourth-order valence-electron chi connectivity index (χ4n) is 6.36. The molecular formula is C20H28O3. The summed E-state index contributed by atoms with van der Waals surface area (Å²) in [6, 6.07) is 0. The molecule has 23 heavy (non-hydrogen) atoms. The van der Waals surface area contributed by atoms with E-state index < -0.39 is 17.7 Å². The Balaban J connectivity index is 1.75. The van der Waals surface area contributed by atoms with Gasteiger partial charge in [0.15, 0.2) is 5.60 Å². The van der Waals surface area contributed by atoms with Gasteiger partial charge in [-0.05, 0) is 60.8 Å². The van der Waals surface area contributed by atoms with Gasteiger partial charge in [-0.15, -0.1) is 0 Å². The van der Waals surface area contributed by atoms with E-state index in [1.807, 2.05) is 6.08 Å². The van der Waals surface area contributed by atoms with Crippen LogP contribution in [0.2, 0.25) is 0 Å². The normalized spacial score (nSPS) is 48.0. The molecule has 1 aliphatic heterocycles. The topological polar surface area (TPSA) is 46.5 Å². The molecule has 0 unspecified atom stereocenters. The maximum Gasteiger partial charge on any atom is 0.337 e. The molecule has 3 fully saturated rings. The summed E-state index contributed by atoms with van der Waals surface area (Å²) in [5.74, 6) is 0.695. The highest BCUT2D eigenvalue weighted by atomic mass is 16.6. The smallest absolute Gasteiger partial charge is 0.337 e. The van der Waals surface area contributed by atoms with Crippen molar-refractivity contribution in [1.29, 1.82) is 0 Å². The van der Waals surface area contributed by atoms with E-state index in [0.29, 0.717) is 17.3 Å². The number of rotatable bonds is 0. The summed E-state index contributed by atoms with van der Waals surface area (Å²) in [5, 5.41) is 10.9. The van der Waals surface area contributed by atoms with Crippen LogP contribution in [0.4, 0.5) is 0 Å². The molecule has 0 aromatic heterocycles. The second-order valence-corrected chi connectivity index (χ2v) is 9.14. The number of allylic oxidation sites excluding steroid dienone is 1. The van der Waals surface area contributed by atoms with Crippen LogP contribution in [-0.4, -0.2) is 22.8 Å². The van der Waals surface area contributed by atoms with Gasteiger partial charge < -0.3 is 9.84 Å². The van der Waals surface area contributed by atoms with E-state index in [-0.39, 0.29) is 11.0 Å². The van der Waals surface area contributed by atoms with E-state index in [1.54, 1.807) is 0 Å². The molecule has 1 N–H and O–H groups in total.